The fourth-order valence-electron chi connectivity index (χ4n) is 10.8. The van der Waals surface area contributed by atoms with Gasteiger partial charge in [0.2, 0.25) is 0 Å². The van der Waals surface area contributed by atoms with Crippen LogP contribution in [0.5, 0.6) is 0 Å². The second-order valence-corrected chi connectivity index (χ2v) is 18.0. The Morgan fingerprint density at radius 2 is 0.557 bits per heavy atom. The van der Waals surface area contributed by atoms with Gasteiger partial charge in [0.05, 0.1) is 22.8 Å². The first-order chi connectivity index (χ1) is 34.7. The van der Waals surface area contributed by atoms with E-state index in [0.717, 1.165) is 34.2 Å². The van der Waals surface area contributed by atoms with E-state index in [4.69, 9.17) is 0 Å². The highest BCUT2D eigenvalue weighted by molar-refractivity contribution is 6.24. The highest BCUT2D eigenvalue weighted by Gasteiger charge is 2.23. The molecule has 0 aliphatic carbocycles. The summed E-state index contributed by atoms with van der Waals surface area (Å²) in [4.78, 5) is 0. The molecular formula is C68H46N2. The van der Waals surface area contributed by atoms with Crippen molar-refractivity contribution < 1.29 is 0 Å². The van der Waals surface area contributed by atoms with Crippen LogP contribution in [0.1, 0.15) is 0 Å². The molecule has 0 saturated heterocycles. The molecule has 0 N–H and O–H groups in total. The number of fused-ring (bicyclic) bond motifs is 3. The lowest BCUT2D eigenvalue weighted by molar-refractivity contribution is 1.10. The number of hydrogen-bond donors (Lipinski definition) is 0. The molecule has 11 aromatic carbocycles. The lowest BCUT2D eigenvalue weighted by atomic mass is 9.84. The molecule has 0 fully saturated rings. The minimum atomic E-state index is 1.10. The SMILES string of the molecule is c1ccc(-c2ccc(-c3c4cc(-n5c(-c6ccccc6)ccc5-c5ccccc5)ccc4c(-c4cccc5ccccc45)c4cc(-n5c(-c6ccccc6)ccc5-c5ccccc5)ccc34)cc2)cc1. The van der Waals surface area contributed by atoms with Crippen molar-refractivity contribution in [3.63, 3.8) is 0 Å². The highest BCUT2D eigenvalue weighted by Crippen LogP contribution is 2.48. The molecule has 70 heavy (non-hydrogen) atoms. The van der Waals surface area contributed by atoms with Crippen LogP contribution in [0.15, 0.2) is 279 Å². The third-order valence-corrected chi connectivity index (χ3v) is 14.0. The summed E-state index contributed by atoms with van der Waals surface area (Å²) in [5, 5.41) is 7.21. The van der Waals surface area contributed by atoms with Crippen molar-refractivity contribution in [3.05, 3.63) is 279 Å². The van der Waals surface area contributed by atoms with E-state index in [0.29, 0.717) is 0 Å². The molecule has 0 saturated carbocycles. The lowest BCUT2D eigenvalue weighted by Gasteiger charge is -2.22. The third kappa shape index (κ3) is 7.13. The molecule has 13 aromatic rings. The van der Waals surface area contributed by atoms with Crippen LogP contribution in [0.3, 0.4) is 0 Å². The molecule has 0 radical (unpaired) electrons. The molecule has 13 rings (SSSR count). The zero-order chi connectivity index (χ0) is 46.4. The fourth-order valence-corrected chi connectivity index (χ4v) is 10.8. The predicted octanol–water partition coefficient (Wildman–Crippen LogP) is 18.4. The maximum atomic E-state index is 2.45. The van der Waals surface area contributed by atoms with E-state index < -0.39 is 0 Å². The van der Waals surface area contributed by atoms with Crippen LogP contribution in [-0.2, 0) is 0 Å². The van der Waals surface area contributed by atoms with Crippen LogP contribution < -0.4 is 0 Å². The largest absolute Gasteiger partial charge is 0.309 e. The van der Waals surface area contributed by atoms with Crippen LogP contribution in [-0.4, -0.2) is 9.13 Å². The Morgan fingerprint density at radius 1 is 0.200 bits per heavy atom. The molecule has 0 aliphatic rings. The van der Waals surface area contributed by atoms with Crippen molar-refractivity contribution in [2.45, 2.75) is 0 Å². The molecule has 0 bridgehead atoms. The van der Waals surface area contributed by atoms with Gasteiger partial charge < -0.3 is 9.13 Å². The van der Waals surface area contributed by atoms with Gasteiger partial charge in [-0.2, -0.15) is 0 Å². The van der Waals surface area contributed by atoms with Gasteiger partial charge in [0.15, 0.2) is 0 Å². The Morgan fingerprint density at radius 3 is 1.03 bits per heavy atom. The molecule has 328 valence electrons. The zero-order valence-corrected chi connectivity index (χ0v) is 38.5. The second kappa shape index (κ2) is 17.4. The maximum Gasteiger partial charge on any atom is 0.0535 e. The van der Waals surface area contributed by atoms with Gasteiger partial charge in [-0.3, -0.25) is 0 Å². The molecule has 0 spiro atoms. The van der Waals surface area contributed by atoms with Crippen molar-refractivity contribution in [1.82, 2.24) is 9.13 Å². The van der Waals surface area contributed by atoms with Crippen molar-refractivity contribution in [3.8, 4) is 89.8 Å². The van der Waals surface area contributed by atoms with E-state index in [9.17, 15) is 0 Å². The van der Waals surface area contributed by atoms with E-state index in [1.807, 2.05) is 0 Å². The Labute approximate surface area is 408 Å². The predicted molar refractivity (Wildman–Crippen MR) is 296 cm³/mol. The summed E-state index contributed by atoms with van der Waals surface area (Å²) in [5.41, 5.74) is 18.6. The summed E-state index contributed by atoms with van der Waals surface area (Å²) in [6.07, 6.45) is 0. The summed E-state index contributed by atoms with van der Waals surface area (Å²) < 4.78 is 4.89. The first kappa shape index (κ1) is 41.0. The van der Waals surface area contributed by atoms with Gasteiger partial charge in [-0.05, 0) is 136 Å². The number of hydrogen-bond acceptors (Lipinski definition) is 0. The van der Waals surface area contributed by atoms with Gasteiger partial charge >= 0.3 is 0 Å². The molecule has 2 nitrogen and oxygen atoms in total. The first-order valence-corrected chi connectivity index (χ1v) is 24.1. The van der Waals surface area contributed by atoms with Crippen molar-refractivity contribution in [1.29, 1.82) is 0 Å². The monoisotopic (exact) mass is 890 g/mol. The highest BCUT2D eigenvalue weighted by atomic mass is 15.0. The number of aromatic nitrogens is 2. The van der Waals surface area contributed by atoms with Crippen molar-refractivity contribution in [2.75, 3.05) is 0 Å². The Kier molecular flexibility index (Phi) is 10.2. The normalized spacial score (nSPS) is 11.4. The van der Waals surface area contributed by atoms with Crippen LogP contribution in [0, 0.1) is 0 Å². The van der Waals surface area contributed by atoms with Gasteiger partial charge in [0.25, 0.3) is 0 Å². The number of benzene rings is 11. The maximum absolute atomic E-state index is 2.45. The zero-order valence-electron chi connectivity index (χ0n) is 38.5. The summed E-state index contributed by atoms with van der Waals surface area (Å²) >= 11 is 0. The van der Waals surface area contributed by atoms with Crippen LogP contribution in [0.2, 0.25) is 0 Å². The first-order valence-electron chi connectivity index (χ1n) is 24.1. The standard InChI is InChI=1S/C68H46N2/c1-6-19-47(20-7-1)48-33-35-54(36-34-48)67-59-39-37-56(70-65(52-26-12-4-13-27-52)43-44-66(70)53-28-14-5-15-29-53)46-62(59)68(58-32-18-30-49-21-16-17-31-57(49)58)60-40-38-55(45-61(60)67)69-63(50-22-8-2-9-23-50)41-42-64(69)51-24-10-3-11-25-51/h1-46H. The molecule has 0 aliphatic heterocycles. The third-order valence-electron chi connectivity index (χ3n) is 14.0. The molecule has 0 atom stereocenters. The van der Waals surface area contributed by atoms with E-state index in [2.05, 4.69) is 288 Å². The van der Waals surface area contributed by atoms with Gasteiger partial charge in [-0.15, -0.1) is 0 Å². The topological polar surface area (TPSA) is 9.86 Å². The smallest absolute Gasteiger partial charge is 0.0535 e. The molecule has 2 heterocycles. The average Bonchev–Trinajstić information content (AvgIpc) is 4.10. The minimum absolute atomic E-state index is 1.10. The van der Waals surface area contributed by atoms with E-state index in [1.165, 1.54) is 88.0 Å². The molecule has 2 heteroatoms. The van der Waals surface area contributed by atoms with Gasteiger partial charge in [0.1, 0.15) is 0 Å². The molecule has 0 amide bonds. The Hall–Kier alpha value is -9.24. The molecular weight excluding hydrogens is 845 g/mol. The number of rotatable bonds is 9. The summed E-state index contributed by atoms with van der Waals surface area (Å²) in [5.74, 6) is 0. The quantitative estimate of drug-likeness (QED) is 0.128. The van der Waals surface area contributed by atoms with E-state index >= 15 is 0 Å². The van der Waals surface area contributed by atoms with Crippen molar-refractivity contribution in [2.24, 2.45) is 0 Å². The summed E-state index contributed by atoms with van der Waals surface area (Å²) in [6.45, 7) is 0. The van der Waals surface area contributed by atoms with Crippen LogP contribution in [0.4, 0.5) is 0 Å². The second-order valence-electron chi connectivity index (χ2n) is 18.0. The van der Waals surface area contributed by atoms with E-state index in [1.54, 1.807) is 0 Å². The van der Waals surface area contributed by atoms with Crippen LogP contribution in [0.25, 0.3) is 122 Å². The van der Waals surface area contributed by atoms with Crippen molar-refractivity contribution >= 4 is 32.3 Å². The van der Waals surface area contributed by atoms with Gasteiger partial charge in [-0.1, -0.05) is 231 Å². The summed E-state index contributed by atoms with van der Waals surface area (Å²) in [7, 11) is 0. The van der Waals surface area contributed by atoms with Crippen LogP contribution >= 0.6 is 0 Å². The average molecular weight is 891 g/mol. The Balaban J connectivity index is 1.15. The number of nitrogens with zero attached hydrogens (tertiary/aromatic N) is 2. The molecule has 2 aromatic heterocycles. The fraction of sp³-hybridized carbons (Fsp3) is 0. The van der Waals surface area contributed by atoms with E-state index in [-0.39, 0.29) is 0 Å². The van der Waals surface area contributed by atoms with Gasteiger partial charge in [-0.25, -0.2) is 0 Å². The van der Waals surface area contributed by atoms with Gasteiger partial charge in [0, 0.05) is 11.4 Å². The Bertz CT molecular complexity index is 3880. The summed E-state index contributed by atoms with van der Waals surface area (Å²) in [6, 6.07) is 102. The minimum Gasteiger partial charge on any atom is -0.309 e. The molecule has 0 unspecified atom stereocenters. The lowest BCUT2D eigenvalue weighted by Crippen LogP contribution is -2.02.